The van der Waals surface area contributed by atoms with Crippen molar-refractivity contribution in [3.63, 3.8) is 0 Å². The molecule has 0 aliphatic carbocycles. The van der Waals surface area contributed by atoms with Crippen molar-refractivity contribution in [3.8, 4) is 0 Å². The van der Waals surface area contributed by atoms with Crippen molar-refractivity contribution in [2.75, 3.05) is 13.2 Å². The maximum absolute atomic E-state index is 11.6. The molecule has 1 atom stereocenters. The Hall–Kier alpha value is 0.936. The fraction of sp³-hybridized carbons (Fsp3) is 0.941. The molecular weight excluding hydrogens is 387 g/mol. The Labute approximate surface area is 201 Å². The van der Waals surface area contributed by atoms with E-state index < -0.39 is 35.7 Å². The average molecular weight is 421 g/mol. The third-order valence-electron chi connectivity index (χ3n) is 3.87. The predicted octanol–water partition coefficient (Wildman–Crippen LogP) is -0.217. The summed E-state index contributed by atoms with van der Waals surface area (Å²) in [7, 11) is -4.63. The van der Waals surface area contributed by atoms with Crippen molar-refractivity contribution < 1.29 is 83.2 Å². The van der Waals surface area contributed by atoms with Gasteiger partial charge >= 0.3 is 67.8 Å². The Balaban J connectivity index is 0. The molecule has 0 saturated heterocycles. The summed E-state index contributed by atoms with van der Waals surface area (Å²) < 4.78 is 38.1. The van der Waals surface area contributed by atoms with Gasteiger partial charge in [-0.2, -0.15) is 8.42 Å². The zero-order valence-electron chi connectivity index (χ0n) is 16.3. The van der Waals surface area contributed by atoms with Gasteiger partial charge in [0.1, 0.15) is 12.7 Å². The molecule has 9 heteroatoms. The van der Waals surface area contributed by atoms with Gasteiger partial charge in [-0.15, -0.1) is 0 Å². The van der Waals surface area contributed by atoms with Crippen LogP contribution in [0.4, 0.5) is 0 Å². The number of hydrogen-bond donors (Lipinski definition) is 1. The molecule has 0 aliphatic heterocycles. The molecule has 0 spiro atoms. The number of esters is 1. The molecule has 150 valence electrons. The Morgan fingerprint density at radius 2 is 1.42 bits per heavy atom. The summed E-state index contributed by atoms with van der Waals surface area (Å²) in [6.07, 6.45) is 11.9. The molecule has 0 aliphatic rings. The quantitative estimate of drug-likeness (QED) is 0.150. The van der Waals surface area contributed by atoms with Crippen molar-refractivity contribution in [2.24, 2.45) is 0 Å². The van der Waals surface area contributed by atoms with Gasteiger partial charge in [-0.05, 0) is 6.42 Å². The van der Waals surface area contributed by atoms with E-state index in [-0.39, 0.29) is 57.8 Å². The number of unbranched alkanes of at least 4 members (excludes halogenated alkanes) is 10. The van der Waals surface area contributed by atoms with Crippen molar-refractivity contribution in [2.45, 2.75) is 90.1 Å². The molecule has 0 aromatic rings. The van der Waals surface area contributed by atoms with Crippen LogP contribution in [0.5, 0.6) is 0 Å². The molecule has 0 radical (unpaired) electrons. The van der Waals surface area contributed by atoms with Gasteiger partial charge in [0.2, 0.25) is 0 Å². The third kappa shape index (κ3) is 21.2. The van der Waals surface area contributed by atoms with E-state index in [0.29, 0.717) is 6.42 Å². The first kappa shape index (κ1) is 29.1. The van der Waals surface area contributed by atoms with Crippen molar-refractivity contribution in [3.05, 3.63) is 0 Å². The molecule has 0 amide bonds. The van der Waals surface area contributed by atoms with Crippen LogP contribution in [0, 0.1) is 0 Å². The van der Waals surface area contributed by atoms with Crippen LogP contribution in [0.3, 0.4) is 0 Å². The standard InChI is InChI=1S/C17H33O7S.K/c1-2-3-4-5-6-7-8-9-10-11-12-13-17(19)24-16(14-18)15-23-25(20,21)22;/h16H,2-15H2,1H3,(H,20,21,22);/q-1;+1. The van der Waals surface area contributed by atoms with E-state index >= 15 is 0 Å². The van der Waals surface area contributed by atoms with Crippen LogP contribution in [-0.2, 0) is 24.1 Å². The van der Waals surface area contributed by atoms with Gasteiger partial charge in [0.15, 0.2) is 0 Å². The molecule has 0 saturated carbocycles. The minimum Gasteiger partial charge on any atom is -0.852 e. The molecule has 0 heterocycles. The van der Waals surface area contributed by atoms with E-state index in [0.717, 1.165) is 19.3 Å². The first-order valence-corrected chi connectivity index (χ1v) is 10.6. The summed E-state index contributed by atoms with van der Waals surface area (Å²) in [5.41, 5.74) is 0. The second kappa shape index (κ2) is 19.3. The molecule has 26 heavy (non-hydrogen) atoms. The molecular formula is C17H33KO7S. The van der Waals surface area contributed by atoms with Gasteiger partial charge in [0.25, 0.3) is 0 Å². The topological polar surface area (TPSA) is 113 Å². The number of carbonyl (C=O) groups is 1. The zero-order chi connectivity index (χ0) is 19.0. The Kier molecular flexibility index (Phi) is 21.6. The van der Waals surface area contributed by atoms with E-state index in [1.807, 2.05) is 0 Å². The van der Waals surface area contributed by atoms with E-state index in [9.17, 15) is 18.3 Å². The molecule has 0 aromatic heterocycles. The fourth-order valence-corrected chi connectivity index (χ4v) is 2.78. The Bertz CT molecular complexity index is 429. The third-order valence-corrected chi connectivity index (χ3v) is 4.31. The summed E-state index contributed by atoms with van der Waals surface area (Å²) in [5, 5.41) is 10.8. The van der Waals surface area contributed by atoms with Crippen molar-refractivity contribution in [1.29, 1.82) is 0 Å². The van der Waals surface area contributed by atoms with E-state index in [4.69, 9.17) is 9.29 Å². The molecule has 0 aromatic carbocycles. The normalized spacial score (nSPS) is 12.4. The van der Waals surface area contributed by atoms with Gasteiger partial charge < -0.3 is 9.84 Å². The second-order valence-corrected chi connectivity index (χ2v) is 7.37. The summed E-state index contributed by atoms with van der Waals surface area (Å²) in [4.78, 5) is 11.6. The zero-order valence-corrected chi connectivity index (χ0v) is 20.2. The van der Waals surface area contributed by atoms with E-state index in [2.05, 4.69) is 11.1 Å². The number of ether oxygens (including phenoxy) is 1. The Morgan fingerprint density at radius 3 is 1.85 bits per heavy atom. The molecule has 0 bridgehead atoms. The van der Waals surface area contributed by atoms with E-state index in [1.54, 1.807) is 0 Å². The molecule has 1 unspecified atom stereocenters. The van der Waals surface area contributed by atoms with Crippen LogP contribution in [-0.4, -0.2) is 38.3 Å². The van der Waals surface area contributed by atoms with Gasteiger partial charge in [-0.3, -0.25) is 9.35 Å². The molecule has 1 N–H and O–H groups in total. The fourth-order valence-electron chi connectivity index (χ4n) is 2.46. The maximum atomic E-state index is 11.6. The minimum atomic E-state index is -4.63. The van der Waals surface area contributed by atoms with Gasteiger partial charge in [0.05, 0.1) is 0 Å². The first-order valence-electron chi connectivity index (χ1n) is 9.28. The Morgan fingerprint density at radius 1 is 0.962 bits per heavy atom. The number of carbonyl (C=O) groups excluding carboxylic acids is 1. The van der Waals surface area contributed by atoms with Crippen molar-refractivity contribution in [1.82, 2.24) is 0 Å². The molecule has 0 rings (SSSR count). The second-order valence-electron chi connectivity index (χ2n) is 6.28. The van der Waals surface area contributed by atoms with Crippen LogP contribution in [0.15, 0.2) is 0 Å². The number of rotatable bonds is 17. The van der Waals surface area contributed by atoms with Gasteiger partial charge in [-0.25, -0.2) is 4.18 Å². The van der Waals surface area contributed by atoms with Gasteiger partial charge in [-0.1, -0.05) is 77.7 Å². The minimum absolute atomic E-state index is 0. The number of hydrogen-bond acceptors (Lipinski definition) is 6. The van der Waals surface area contributed by atoms with Gasteiger partial charge in [0, 0.05) is 6.42 Å². The van der Waals surface area contributed by atoms with Crippen molar-refractivity contribution >= 4 is 16.4 Å². The summed E-state index contributed by atoms with van der Waals surface area (Å²) in [6, 6.07) is 0. The largest absolute Gasteiger partial charge is 1.00 e. The summed E-state index contributed by atoms with van der Waals surface area (Å²) in [5.74, 6) is -0.546. The van der Waals surface area contributed by atoms with Crippen LogP contribution in [0.2, 0.25) is 0 Å². The average Bonchev–Trinajstić information content (AvgIpc) is 2.55. The van der Waals surface area contributed by atoms with Crippen LogP contribution >= 0.6 is 0 Å². The monoisotopic (exact) mass is 420 g/mol. The molecule has 0 fully saturated rings. The first-order chi connectivity index (χ1) is 11.9. The van der Waals surface area contributed by atoms with E-state index in [1.165, 1.54) is 44.9 Å². The maximum Gasteiger partial charge on any atom is 1.00 e. The van der Waals surface area contributed by atoms with Crippen LogP contribution in [0.25, 0.3) is 0 Å². The molecule has 7 nitrogen and oxygen atoms in total. The van der Waals surface area contributed by atoms with Crippen LogP contribution < -0.4 is 56.5 Å². The smallest absolute Gasteiger partial charge is 0.852 e. The summed E-state index contributed by atoms with van der Waals surface area (Å²) >= 11 is 0. The SMILES string of the molecule is CCCCCCCCCCCCCC(=O)OC(C[O-])COS(=O)(=O)O.[K+]. The predicted molar refractivity (Wildman–Crippen MR) is 93.3 cm³/mol. The van der Waals surface area contributed by atoms with Crippen LogP contribution in [0.1, 0.15) is 84.0 Å². The summed E-state index contributed by atoms with van der Waals surface area (Å²) in [6.45, 7) is 0.732.